The second-order valence-corrected chi connectivity index (χ2v) is 6.89. The third-order valence-corrected chi connectivity index (χ3v) is 4.94. The Balaban J connectivity index is 1.55. The number of halogens is 1. The molecule has 25 heavy (non-hydrogen) atoms. The van der Waals surface area contributed by atoms with Gasteiger partial charge in [-0.3, -0.25) is 4.90 Å². The van der Waals surface area contributed by atoms with Crippen molar-refractivity contribution in [3.63, 3.8) is 0 Å². The summed E-state index contributed by atoms with van der Waals surface area (Å²) in [7, 11) is 0. The molecule has 1 aromatic heterocycles. The van der Waals surface area contributed by atoms with Gasteiger partial charge in [0.1, 0.15) is 6.23 Å². The smallest absolute Gasteiger partial charge is 0.138 e. The topological polar surface area (TPSA) is 17.4 Å². The van der Waals surface area contributed by atoms with Crippen LogP contribution in [0.15, 0.2) is 67.0 Å². The van der Waals surface area contributed by atoms with Crippen LogP contribution < -0.4 is 0 Å². The molecule has 4 heteroatoms. The highest BCUT2D eigenvalue weighted by Gasteiger charge is 2.27. The van der Waals surface area contributed by atoms with Crippen molar-refractivity contribution in [1.82, 2.24) is 9.47 Å². The first-order valence-corrected chi connectivity index (χ1v) is 8.92. The van der Waals surface area contributed by atoms with Crippen molar-refractivity contribution in [3.8, 4) is 5.69 Å². The monoisotopic (exact) mass is 352 g/mol. The SMILES string of the molecule is Cc1ccc(CN2CCO[C@H]2c2ccn(-c3ccccc3Cl)c2)cc1. The van der Waals surface area contributed by atoms with Gasteiger partial charge in [-0.15, -0.1) is 0 Å². The molecule has 0 N–H and O–H groups in total. The van der Waals surface area contributed by atoms with Crippen LogP contribution in [0.4, 0.5) is 0 Å². The Bertz CT molecular complexity index is 856. The van der Waals surface area contributed by atoms with Crippen LogP contribution in [0, 0.1) is 6.92 Å². The number of hydrogen-bond acceptors (Lipinski definition) is 2. The molecule has 0 amide bonds. The van der Waals surface area contributed by atoms with Crippen molar-refractivity contribution < 1.29 is 4.74 Å². The number of para-hydroxylation sites is 1. The van der Waals surface area contributed by atoms with E-state index < -0.39 is 0 Å². The average Bonchev–Trinajstić information content (AvgIpc) is 3.26. The fourth-order valence-corrected chi connectivity index (χ4v) is 3.50. The summed E-state index contributed by atoms with van der Waals surface area (Å²) in [5.74, 6) is 0. The number of benzene rings is 2. The van der Waals surface area contributed by atoms with E-state index >= 15 is 0 Å². The van der Waals surface area contributed by atoms with Crippen LogP contribution in [-0.4, -0.2) is 22.6 Å². The van der Waals surface area contributed by atoms with Gasteiger partial charge in [-0.1, -0.05) is 53.6 Å². The van der Waals surface area contributed by atoms with Gasteiger partial charge in [-0.2, -0.15) is 0 Å². The van der Waals surface area contributed by atoms with Gasteiger partial charge in [0.15, 0.2) is 0 Å². The van der Waals surface area contributed by atoms with Crippen molar-refractivity contribution in [2.45, 2.75) is 19.7 Å². The minimum absolute atomic E-state index is 0.00922. The van der Waals surface area contributed by atoms with Crippen LogP contribution in [0.3, 0.4) is 0 Å². The summed E-state index contributed by atoms with van der Waals surface area (Å²) >= 11 is 6.31. The molecule has 1 aliphatic rings. The van der Waals surface area contributed by atoms with Crippen LogP contribution in [0.1, 0.15) is 22.9 Å². The molecule has 2 aromatic carbocycles. The summed E-state index contributed by atoms with van der Waals surface area (Å²) in [4.78, 5) is 2.37. The maximum Gasteiger partial charge on any atom is 0.138 e. The maximum absolute atomic E-state index is 6.31. The molecule has 128 valence electrons. The Kier molecular flexibility index (Phi) is 4.62. The van der Waals surface area contributed by atoms with Crippen molar-refractivity contribution in [1.29, 1.82) is 0 Å². The normalized spacial score (nSPS) is 17.9. The summed E-state index contributed by atoms with van der Waals surface area (Å²) in [6.45, 7) is 4.70. The Hall–Kier alpha value is -2.07. The summed E-state index contributed by atoms with van der Waals surface area (Å²) < 4.78 is 8.07. The molecule has 1 aliphatic heterocycles. The number of aromatic nitrogens is 1. The average molecular weight is 353 g/mol. The van der Waals surface area contributed by atoms with Gasteiger partial charge in [0.05, 0.1) is 17.3 Å². The van der Waals surface area contributed by atoms with Gasteiger partial charge < -0.3 is 9.30 Å². The Morgan fingerprint density at radius 3 is 2.68 bits per heavy atom. The highest BCUT2D eigenvalue weighted by molar-refractivity contribution is 6.32. The molecule has 0 saturated carbocycles. The minimum Gasteiger partial charge on any atom is -0.357 e. The summed E-state index contributed by atoms with van der Waals surface area (Å²) in [6, 6.07) is 18.7. The Morgan fingerprint density at radius 2 is 1.88 bits per heavy atom. The van der Waals surface area contributed by atoms with Gasteiger partial charge in [0, 0.05) is 31.0 Å². The van der Waals surface area contributed by atoms with Crippen molar-refractivity contribution in [2.75, 3.05) is 13.2 Å². The van der Waals surface area contributed by atoms with Crippen LogP contribution in [-0.2, 0) is 11.3 Å². The zero-order valence-corrected chi connectivity index (χ0v) is 15.0. The van der Waals surface area contributed by atoms with Crippen molar-refractivity contribution in [2.24, 2.45) is 0 Å². The number of rotatable bonds is 4. The largest absolute Gasteiger partial charge is 0.357 e. The van der Waals surface area contributed by atoms with Gasteiger partial charge in [0.25, 0.3) is 0 Å². The molecule has 3 nitrogen and oxygen atoms in total. The van der Waals surface area contributed by atoms with E-state index in [1.54, 1.807) is 0 Å². The lowest BCUT2D eigenvalue weighted by atomic mass is 10.1. The molecule has 3 aromatic rings. The predicted molar refractivity (Wildman–Crippen MR) is 101 cm³/mol. The number of nitrogens with zero attached hydrogens (tertiary/aromatic N) is 2. The van der Waals surface area contributed by atoms with Crippen molar-refractivity contribution >= 4 is 11.6 Å². The van der Waals surface area contributed by atoms with E-state index in [1.165, 1.54) is 11.1 Å². The van der Waals surface area contributed by atoms with E-state index in [9.17, 15) is 0 Å². The minimum atomic E-state index is -0.00922. The Labute approximate surface area is 153 Å². The number of aryl methyl sites for hydroxylation is 1. The molecular weight excluding hydrogens is 332 g/mol. The molecular formula is C21H21ClN2O. The van der Waals surface area contributed by atoms with E-state index in [1.807, 2.05) is 30.5 Å². The quantitative estimate of drug-likeness (QED) is 0.659. The number of hydrogen-bond donors (Lipinski definition) is 0. The molecule has 0 spiro atoms. The van der Waals surface area contributed by atoms with Crippen LogP contribution in [0.5, 0.6) is 0 Å². The number of ether oxygens (including phenoxy) is 1. The molecule has 0 bridgehead atoms. The second-order valence-electron chi connectivity index (χ2n) is 6.48. The van der Waals surface area contributed by atoms with Gasteiger partial charge >= 0.3 is 0 Å². The molecule has 4 rings (SSSR count). The molecule has 1 fully saturated rings. The summed E-state index contributed by atoms with van der Waals surface area (Å²) in [5.41, 5.74) is 4.74. The predicted octanol–water partition coefficient (Wildman–Crippen LogP) is 4.97. The zero-order valence-electron chi connectivity index (χ0n) is 14.2. The van der Waals surface area contributed by atoms with E-state index in [4.69, 9.17) is 16.3 Å². The highest BCUT2D eigenvalue weighted by Crippen LogP contribution is 2.30. The summed E-state index contributed by atoms with van der Waals surface area (Å²) in [6.07, 6.45) is 4.15. The van der Waals surface area contributed by atoms with E-state index in [2.05, 4.69) is 52.9 Å². The fraction of sp³-hybridized carbons (Fsp3) is 0.238. The molecule has 0 unspecified atom stereocenters. The molecule has 1 atom stereocenters. The molecule has 2 heterocycles. The lowest BCUT2D eigenvalue weighted by Crippen LogP contribution is -2.23. The molecule has 0 aliphatic carbocycles. The first kappa shape index (κ1) is 16.4. The standard InChI is InChI=1S/C21H21ClN2O/c1-16-6-8-17(9-7-16)14-24-12-13-25-21(24)18-10-11-23(15-18)20-5-3-2-4-19(20)22/h2-11,15,21H,12-14H2,1H3/t21-/m0/s1. The highest BCUT2D eigenvalue weighted by atomic mass is 35.5. The van der Waals surface area contributed by atoms with Crippen LogP contribution >= 0.6 is 11.6 Å². The zero-order chi connectivity index (χ0) is 17.2. The van der Waals surface area contributed by atoms with Gasteiger partial charge in [-0.05, 0) is 30.7 Å². The van der Waals surface area contributed by atoms with Crippen LogP contribution in [0.2, 0.25) is 5.02 Å². The second kappa shape index (κ2) is 7.04. The van der Waals surface area contributed by atoms with Crippen molar-refractivity contribution in [3.05, 3.63) is 88.7 Å². The summed E-state index contributed by atoms with van der Waals surface area (Å²) in [5, 5.41) is 0.744. The van der Waals surface area contributed by atoms with Crippen LogP contribution in [0.25, 0.3) is 5.69 Å². The lowest BCUT2D eigenvalue weighted by molar-refractivity contribution is 0.0288. The first-order chi connectivity index (χ1) is 12.2. The third-order valence-electron chi connectivity index (χ3n) is 4.62. The lowest BCUT2D eigenvalue weighted by Gasteiger charge is -2.22. The maximum atomic E-state index is 6.31. The van der Waals surface area contributed by atoms with E-state index in [0.29, 0.717) is 0 Å². The van der Waals surface area contributed by atoms with E-state index in [0.717, 1.165) is 36.0 Å². The fourth-order valence-electron chi connectivity index (χ4n) is 3.27. The Morgan fingerprint density at radius 1 is 1.08 bits per heavy atom. The van der Waals surface area contributed by atoms with Gasteiger partial charge in [-0.25, -0.2) is 0 Å². The first-order valence-electron chi connectivity index (χ1n) is 8.55. The van der Waals surface area contributed by atoms with E-state index in [-0.39, 0.29) is 6.23 Å². The molecule has 0 radical (unpaired) electrons. The molecule has 1 saturated heterocycles. The van der Waals surface area contributed by atoms with Gasteiger partial charge in [0.2, 0.25) is 0 Å². The third kappa shape index (κ3) is 3.49.